The standard InChI is InChI=1S/C17H25N3O2.ClH/c1-11(13-4-3-7-19-10-13)9-16(21)20-14-5-6-15(17(18)22)12(2)8-14;/h5-6,8,11,13,19H,3-4,7,9-10H2,1-2H3,(H2,18,22)(H,20,21);1H. The van der Waals surface area contributed by atoms with Gasteiger partial charge in [-0.2, -0.15) is 0 Å². The third kappa shape index (κ3) is 5.52. The Bertz CT molecular complexity index is 557. The average Bonchev–Trinajstić information content (AvgIpc) is 2.47. The fraction of sp³-hybridized carbons (Fsp3) is 0.529. The summed E-state index contributed by atoms with van der Waals surface area (Å²) >= 11 is 0. The molecule has 1 heterocycles. The van der Waals surface area contributed by atoms with Crippen molar-refractivity contribution in [3.8, 4) is 0 Å². The Morgan fingerprint density at radius 1 is 1.43 bits per heavy atom. The van der Waals surface area contributed by atoms with Gasteiger partial charge in [0.25, 0.3) is 0 Å². The van der Waals surface area contributed by atoms with E-state index >= 15 is 0 Å². The third-order valence-corrected chi connectivity index (χ3v) is 4.42. The first-order valence-corrected chi connectivity index (χ1v) is 7.88. The van der Waals surface area contributed by atoms with E-state index in [1.165, 1.54) is 12.8 Å². The predicted molar refractivity (Wildman–Crippen MR) is 94.9 cm³/mol. The van der Waals surface area contributed by atoms with Crippen LogP contribution in [0.3, 0.4) is 0 Å². The molecular weight excluding hydrogens is 314 g/mol. The first-order valence-electron chi connectivity index (χ1n) is 7.88. The highest BCUT2D eigenvalue weighted by molar-refractivity contribution is 5.96. The topological polar surface area (TPSA) is 84.2 Å². The molecule has 1 aromatic carbocycles. The van der Waals surface area contributed by atoms with Gasteiger partial charge in [0.1, 0.15) is 0 Å². The van der Waals surface area contributed by atoms with Gasteiger partial charge in [-0.1, -0.05) is 6.92 Å². The highest BCUT2D eigenvalue weighted by Crippen LogP contribution is 2.23. The number of nitrogens with two attached hydrogens (primary N) is 1. The molecule has 2 atom stereocenters. The van der Waals surface area contributed by atoms with Crippen LogP contribution in [-0.4, -0.2) is 24.9 Å². The molecule has 23 heavy (non-hydrogen) atoms. The Labute approximate surface area is 143 Å². The number of benzene rings is 1. The maximum absolute atomic E-state index is 12.2. The molecule has 2 unspecified atom stereocenters. The lowest BCUT2D eigenvalue weighted by molar-refractivity contribution is -0.117. The zero-order valence-corrected chi connectivity index (χ0v) is 14.5. The van der Waals surface area contributed by atoms with Gasteiger partial charge in [-0.25, -0.2) is 0 Å². The highest BCUT2D eigenvalue weighted by Gasteiger charge is 2.22. The van der Waals surface area contributed by atoms with Crippen LogP contribution in [0.1, 0.15) is 42.1 Å². The summed E-state index contributed by atoms with van der Waals surface area (Å²) in [5.41, 5.74) is 7.25. The number of anilines is 1. The van der Waals surface area contributed by atoms with Gasteiger partial charge in [-0.15, -0.1) is 12.4 Å². The van der Waals surface area contributed by atoms with Gasteiger partial charge in [0.05, 0.1) is 0 Å². The van der Waals surface area contributed by atoms with Crippen molar-refractivity contribution in [3.05, 3.63) is 29.3 Å². The lowest BCUT2D eigenvalue weighted by Gasteiger charge is -2.28. The van der Waals surface area contributed by atoms with Crippen LogP contribution in [0.2, 0.25) is 0 Å². The molecule has 0 aliphatic carbocycles. The largest absolute Gasteiger partial charge is 0.366 e. The highest BCUT2D eigenvalue weighted by atomic mass is 35.5. The minimum atomic E-state index is -0.450. The van der Waals surface area contributed by atoms with Crippen LogP contribution in [0.5, 0.6) is 0 Å². The van der Waals surface area contributed by atoms with Crippen molar-refractivity contribution in [2.45, 2.75) is 33.1 Å². The van der Waals surface area contributed by atoms with E-state index in [4.69, 9.17) is 5.73 Å². The molecule has 1 aliphatic heterocycles. The molecule has 1 aromatic rings. The first-order chi connectivity index (χ1) is 10.5. The van der Waals surface area contributed by atoms with Crippen LogP contribution >= 0.6 is 12.4 Å². The molecule has 1 fully saturated rings. The molecule has 0 aromatic heterocycles. The van der Waals surface area contributed by atoms with Gasteiger partial charge in [-0.3, -0.25) is 9.59 Å². The van der Waals surface area contributed by atoms with Crippen molar-refractivity contribution in [1.82, 2.24) is 5.32 Å². The first kappa shape index (κ1) is 19.5. The Morgan fingerprint density at radius 3 is 2.74 bits per heavy atom. The van der Waals surface area contributed by atoms with Gasteiger partial charge in [0.2, 0.25) is 11.8 Å². The lowest BCUT2D eigenvalue weighted by Crippen LogP contribution is -2.34. The fourth-order valence-electron chi connectivity index (χ4n) is 3.05. The van der Waals surface area contributed by atoms with Gasteiger partial charge in [-0.05, 0) is 68.5 Å². The van der Waals surface area contributed by atoms with E-state index in [-0.39, 0.29) is 18.3 Å². The zero-order valence-electron chi connectivity index (χ0n) is 13.7. The Hall–Kier alpha value is -1.59. The van der Waals surface area contributed by atoms with Crippen molar-refractivity contribution in [1.29, 1.82) is 0 Å². The number of rotatable bonds is 5. The summed E-state index contributed by atoms with van der Waals surface area (Å²) in [5, 5.41) is 6.29. The molecule has 1 aliphatic rings. The number of nitrogens with one attached hydrogen (secondary N) is 2. The van der Waals surface area contributed by atoms with Crippen LogP contribution in [0, 0.1) is 18.8 Å². The predicted octanol–water partition coefficient (Wildman–Crippen LogP) is 2.48. The maximum atomic E-state index is 12.2. The molecule has 0 bridgehead atoms. The van der Waals surface area contributed by atoms with E-state index in [1.807, 2.05) is 6.92 Å². The second-order valence-electron chi connectivity index (χ2n) is 6.23. The van der Waals surface area contributed by atoms with E-state index in [2.05, 4.69) is 17.6 Å². The molecular formula is C17H26ClN3O2. The Kier molecular flexibility index (Phi) is 7.52. The SMILES string of the molecule is Cc1cc(NC(=O)CC(C)C2CCCNC2)ccc1C(N)=O.Cl. The zero-order chi connectivity index (χ0) is 16.1. The van der Waals surface area contributed by atoms with Gasteiger partial charge < -0.3 is 16.4 Å². The molecule has 4 N–H and O–H groups in total. The molecule has 2 amide bonds. The molecule has 1 saturated heterocycles. The third-order valence-electron chi connectivity index (χ3n) is 4.42. The van der Waals surface area contributed by atoms with Crippen molar-refractivity contribution in [3.63, 3.8) is 0 Å². The smallest absolute Gasteiger partial charge is 0.248 e. The molecule has 0 spiro atoms. The number of primary amides is 1. The summed E-state index contributed by atoms with van der Waals surface area (Å²) < 4.78 is 0. The summed E-state index contributed by atoms with van der Waals surface area (Å²) in [6.07, 6.45) is 2.89. The number of amides is 2. The van der Waals surface area contributed by atoms with Crippen LogP contribution in [0.4, 0.5) is 5.69 Å². The van der Waals surface area contributed by atoms with Crippen LogP contribution < -0.4 is 16.4 Å². The quantitative estimate of drug-likeness (QED) is 0.770. The number of hydrogen-bond acceptors (Lipinski definition) is 3. The maximum Gasteiger partial charge on any atom is 0.248 e. The van der Waals surface area contributed by atoms with E-state index < -0.39 is 5.91 Å². The minimum absolute atomic E-state index is 0. The number of aryl methyl sites for hydroxylation is 1. The summed E-state index contributed by atoms with van der Waals surface area (Å²) in [5.74, 6) is 0.496. The lowest BCUT2D eigenvalue weighted by atomic mass is 9.85. The van der Waals surface area contributed by atoms with Gasteiger partial charge in [0, 0.05) is 17.7 Å². The van der Waals surface area contributed by atoms with Gasteiger partial charge >= 0.3 is 0 Å². The molecule has 6 heteroatoms. The van der Waals surface area contributed by atoms with E-state index in [9.17, 15) is 9.59 Å². The molecule has 5 nitrogen and oxygen atoms in total. The van der Waals surface area contributed by atoms with Crippen molar-refractivity contribution < 1.29 is 9.59 Å². The van der Waals surface area contributed by atoms with Crippen LogP contribution in [-0.2, 0) is 4.79 Å². The summed E-state index contributed by atoms with van der Waals surface area (Å²) in [6.45, 7) is 6.03. The number of carbonyl (C=O) groups is 2. The summed E-state index contributed by atoms with van der Waals surface area (Å²) in [6, 6.07) is 5.16. The van der Waals surface area contributed by atoms with Crippen LogP contribution in [0.15, 0.2) is 18.2 Å². The van der Waals surface area contributed by atoms with E-state index in [1.54, 1.807) is 18.2 Å². The van der Waals surface area contributed by atoms with Crippen LogP contribution in [0.25, 0.3) is 0 Å². The monoisotopic (exact) mass is 339 g/mol. The number of piperidine rings is 1. The Morgan fingerprint density at radius 2 is 2.17 bits per heavy atom. The van der Waals surface area contributed by atoms with E-state index in [0.29, 0.717) is 29.5 Å². The second kappa shape index (κ2) is 8.89. The number of hydrogen-bond donors (Lipinski definition) is 3. The van der Waals surface area contributed by atoms with Gasteiger partial charge in [0.15, 0.2) is 0 Å². The number of carbonyl (C=O) groups excluding carboxylic acids is 2. The Balaban J connectivity index is 0.00000264. The van der Waals surface area contributed by atoms with E-state index in [0.717, 1.165) is 18.7 Å². The average molecular weight is 340 g/mol. The second-order valence-corrected chi connectivity index (χ2v) is 6.23. The summed E-state index contributed by atoms with van der Waals surface area (Å²) in [7, 11) is 0. The molecule has 2 rings (SSSR count). The number of halogens is 1. The van der Waals surface area contributed by atoms with Crippen molar-refractivity contribution in [2.24, 2.45) is 17.6 Å². The molecule has 128 valence electrons. The van der Waals surface area contributed by atoms with Crippen molar-refractivity contribution >= 4 is 29.9 Å². The summed E-state index contributed by atoms with van der Waals surface area (Å²) in [4.78, 5) is 23.4. The van der Waals surface area contributed by atoms with Crippen molar-refractivity contribution in [2.75, 3.05) is 18.4 Å². The fourth-order valence-corrected chi connectivity index (χ4v) is 3.05. The molecule has 0 radical (unpaired) electrons. The normalized spacial score (nSPS) is 18.6. The molecule has 0 saturated carbocycles. The minimum Gasteiger partial charge on any atom is -0.366 e.